The van der Waals surface area contributed by atoms with Crippen molar-refractivity contribution in [2.45, 2.75) is 13.1 Å². The molecule has 0 aliphatic carbocycles. The van der Waals surface area contributed by atoms with Gasteiger partial charge in [-0.05, 0) is 5.56 Å². The van der Waals surface area contributed by atoms with Crippen molar-refractivity contribution in [2.24, 2.45) is 4.99 Å². The minimum absolute atomic E-state index is 0.762. The Hall–Kier alpha value is -2.30. The summed E-state index contributed by atoms with van der Waals surface area (Å²) in [7, 11) is 2.05. The van der Waals surface area contributed by atoms with Gasteiger partial charge in [-0.25, -0.2) is 0 Å². The summed E-state index contributed by atoms with van der Waals surface area (Å²) in [6.45, 7) is 3.45. The van der Waals surface area contributed by atoms with Gasteiger partial charge >= 0.3 is 0 Å². The molecule has 1 aliphatic heterocycles. The Balaban J connectivity index is 1.57. The monoisotopic (exact) mass is 269 g/mol. The van der Waals surface area contributed by atoms with Gasteiger partial charge in [-0.2, -0.15) is 5.10 Å². The van der Waals surface area contributed by atoms with E-state index in [4.69, 9.17) is 0 Å². The molecule has 0 fully saturated rings. The highest BCUT2D eigenvalue weighted by Crippen LogP contribution is 2.04. The number of likely N-dealkylation sites (N-methyl/N-ethyl adjacent to an activating group) is 1. The number of aliphatic imine (C=N–C) groups is 1. The standard InChI is InChI=1S/C15H19N5/c1-19-8-7-16-15(19)17-9-14-10-18-20(12-14)11-13-5-3-2-4-6-13/h2-6,10,12H,7-9,11H2,1H3,(H,16,17). The molecule has 0 atom stereocenters. The third-order valence-electron chi connectivity index (χ3n) is 3.38. The summed E-state index contributed by atoms with van der Waals surface area (Å²) in [5.41, 5.74) is 2.43. The molecule has 0 spiro atoms. The number of hydrogen-bond acceptors (Lipinski definition) is 4. The van der Waals surface area contributed by atoms with Crippen molar-refractivity contribution in [2.75, 3.05) is 20.1 Å². The summed E-state index contributed by atoms with van der Waals surface area (Å²) in [4.78, 5) is 6.54. The van der Waals surface area contributed by atoms with Crippen LogP contribution < -0.4 is 5.32 Å². The Morgan fingerprint density at radius 3 is 2.80 bits per heavy atom. The van der Waals surface area contributed by atoms with E-state index >= 15 is 0 Å². The smallest absolute Gasteiger partial charge is 0.194 e. The zero-order chi connectivity index (χ0) is 13.8. The third kappa shape index (κ3) is 2.99. The molecule has 104 valence electrons. The van der Waals surface area contributed by atoms with E-state index in [0.29, 0.717) is 0 Å². The minimum Gasteiger partial charge on any atom is -0.352 e. The molecule has 0 unspecified atom stereocenters. The molecule has 1 aromatic carbocycles. The fourth-order valence-corrected chi connectivity index (χ4v) is 2.26. The second kappa shape index (κ2) is 5.77. The lowest BCUT2D eigenvalue weighted by atomic mass is 10.2. The van der Waals surface area contributed by atoms with Crippen molar-refractivity contribution in [1.29, 1.82) is 0 Å². The average Bonchev–Trinajstić information content (AvgIpc) is 3.07. The molecule has 0 bridgehead atoms. The predicted molar refractivity (Wildman–Crippen MR) is 79.5 cm³/mol. The van der Waals surface area contributed by atoms with Gasteiger partial charge in [-0.15, -0.1) is 0 Å². The first-order chi connectivity index (χ1) is 9.81. The van der Waals surface area contributed by atoms with Crippen LogP contribution >= 0.6 is 0 Å². The van der Waals surface area contributed by atoms with E-state index in [9.17, 15) is 0 Å². The van der Waals surface area contributed by atoms with Crippen molar-refractivity contribution in [3.63, 3.8) is 0 Å². The first-order valence-electron chi connectivity index (χ1n) is 6.86. The van der Waals surface area contributed by atoms with Crippen molar-refractivity contribution in [3.05, 3.63) is 53.9 Å². The van der Waals surface area contributed by atoms with E-state index < -0.39 is 0 Å². The largest absolute Gasteiger partial charge is 0.352 e. The van der Waals surface area contributed by atoms with Gasteiger partial charge in [0, 0.05) is 31.9 Å². The van der Waals surface area contributed by atoms with Crippen molar-refractivity contribution in [1.82, 2.24) is 20.0 Å². The molecule has 2 heterocycles. The molecule has 0 amide bonds. The highest BCUT2D eigenvalue weighted by Gasteiger charge is 2.11. The van der Waals surface area contributed by atoms with Crippen LogP contribution in [-0.2, 0) is 13.1 Å². The summed E-state index contributed by atoms with van der Waals surface area (Å²) < 4.78 is 1.96. The van der Waals surface area contributed by atoms with Crippen LogP contribution in [0.25, 0.3) is 0 Å². The summed E-state index contributed by atoms with van der Waals surface area (Å²) in [5.74, 6) is 0.973. The van der Waals surface area contributed by atoms with Gasteiger partial charge in [-0.3, -0.25) is 9.67 Å². The lowest BCUT2D eigenvalue weighted by molar-refractivity contribution is 0.534. The number of nitrogens with zero attached hydrogens (tertiary/aromatic N) is 4. The highest BCUT2D eigenvalue weighted by molar-refractivity contribution is 5.81. The molecule has 5 nitrogen and oxygen atoms in total. The number of benzene rings is 1. The number of guanidine groups is 1. The van der Waals surface area contributed by atoms with Gasteiger partial charge in [-0.1, -0.05) is 30.3 Å². The van der Waals surface area contributed by atoms with Crippen LogP contribution in [-0.4, -0.2) is 40.8 Å². The highest BCUT2D eigenvalue weighted by atomic mass is 15.3. The molecule has 0 saturated heterocycles. The lowest BCUT2D eigenvalue weighted by Crippen LogP contribution is -2.34. The van der Waals surface area contributed by atoms with E-state index in [2.05, 4.69) is 57.8 Å². The molecule has 1 aliphatic rings. The molecule has 0 saturated carbocycles. The zero-order valence-corrected chi connectivity index (χ0v) is 11.7. The van der Waals surface area contributed by atoms with Crippen molar-refractivity contribution >= 4 is 5.96 Å². The fourth-order valence-electron chi connectivity index (χ4n) is 2.26. The maximum atomic E-state index is 4.41. The van der Waals surface area contributed by atoms with Crippen LogP contribution in [0.2, 0.25) is 0 Å². The quantitative estimate of drug-likeness (QED) is 0.910. The van der Waals surface area contributed by atoms with Crippen molar-refractivity contribution in [3.8, 4) is 0 Å². The van der Waals surface area contributed by atoms with Crippen molar-refractivity contribution < 1.29 is 0 Å². The number of hydrogen-bond donors (Lipinski definition) is 1. The van der Waals surface area contributed by atoms with Gasteiger partial charge in [0.1, 0.15) is 0 Å². The summed E-state index contributed by atoms with van der Waals surface area (Å²) in [6, 6.07) is 10.4. The van der Waals surface area contributed by atoms with Crippen LogP contribution in [0.15, 0.2) is 47.7 Å². The number of rotatable bonds is 4. The number of nitrogens with one attached hydrogen (secondary N) is 1. The van der Waals surface area contributed by atoms with Crippen LogP contribution in [0.4, 0.5) is 0 Å². The Morgan fingerprint density at radius 1 is 1.20 bits per heavy atom. The van der Waals surface area contributed by atoms with E-state index in [1.807, 2.05) is 16.9 Å². The van der Waals surface area contributed by atoms with Gasteiger partial charge in [0.15, 0.2) is 5.96 Å². The Morgan fingerprint density at radius 2 is 2.05 bits per heavy atom. The topological polar surface area (TPSA) is 45.4 Å². The van der Waals surface area contributed by atoms with E-state index in [-0.39, 0.29) is 0 Å². The first-order valence-corrected chi connectivity index (χ1v) is 6.86. The minimum atomic E-state index is 0.762. The molecule has 3 rings (SSSR count). The molecule has 1 N–H and O–H groups in total. The molecule has 1 aromatic heterocycles. The molecule has 0 radical (unpaired) electrons. The Bertz CT molecular complexity index is 587. The van der Waals surface area contributed by atoms with E-state index in [1.54, 1.807) is 0 Å². The van der Waals surface area contributed by atoms with E-state index in [0.717, 1.165) is 32.1 Å². The van der Waals surface area contributed by atoms with Crippen LogP contribution in [0.1, 0.15) is 11.1 Å². The molecule has 20 heavy (non-hydrogen) atoms. The summed E-state index contributed by atoms with van der Waals surface area (Å²) in [6.07, 6.45) is 3.99. The Kier molecular flexibility index (Phi) is 3.67. The fraction of sp³-hybridized carbons (Fsp3) is 0.333. The second-order valence-electron chi connectivity index (χ2n) is 5.01. The number of aromatic nitrogens is 2. The SMILES string of the molecule is CN1CCN=C1NCc1cnn(Cc2ccccc2)c1. The zero-order valence-electron chi connectivity index (χ0n) is 11.7. The van der Waals surface area contributed by atoms with Gasteiger partial charge in [0.2, 0.25) is 0 Å². The molecule has 2 aromatic rings. The summed E-state index contributed by atoms with van der Waals surface area (Å²) >= 11 is 0. The van der Waals surface area contributed by atoms with Gasteiger partial charge < -0.3 is 10.2 Å². The first kappa shape index (κ1) is 12.7. The second-order valence-corrected chi connectivity index (χ2v) is 5.01. The average molecular weight is 269 g/mol. The van der Waals surface area contributed by atoms with Crippen LogP contribution in [0, 0.1) is 0 Å². The predicted octanol–water partition coefficient (Wildman–Crippen LogP) is 1.32. The maximum absolute atomic E-state index is 4.41. The van der Waals surface area contributed by atoms with Crippen LogP contribution in [0.3, 0.4) is 0 Å². The van der Waals surface area contributed by atoms with Crippen LogP contribution in [0.5, 0.6) is 0 Å². The van der Waals surface area contributed by atoms with Gasteiger partial charge in [0.05, 0.1) is 19.3 Å². The molecular weight excluding hydrogens is 250 g/mol. The summed E-state index contributed by atoms with van der Waals surface area (Å²) in [5, 5.41) is 7.75. The third-order valence-corrected chi connectivity index (χ3v) is 3.38. The normalized spacial score (nSPS) is 14.4. The molecular formula is C15H19N5. The lowest BCUT2D eigenvalue weighted by Gasteiger charge is -2.14. The molecule has 5 heteroatoms. The Labute approximate surface area is 118 Å². The maximum Gasteiger partial charge on any atom is 0.194 e. The van der Waals surface area contributed by atoms with Gasteiger partial charge in [0.25, 0.3) is 0 Å². The van der Waals surface area contributed by atoms with E-state index in [1.165, 1.54) is 11.1 Å².